The van der Waals surface area contributed by atoms with E-state index in [0.717, 1.165) is 49.2 Å². The molecule has 1 saturated heterocycles. The summed E-state index contributed by atoms with van der Waals surface area (Å²) in [5.41, 5.74) is 1.11. The van der Waals surface area contributed by atoms with Crippen LogP contribution in [0.5, 0.6) is 5.75 Å². The van der Waals surface area contributed by atoms with E-state index < -0.39 is 0 Å². The van der Waals surface area contributed by atoms with Crippen LogP contribution in [0.1, 0.15) is 31.2 Å². The van der Waals surface area contributed by atoms with Gasteiger partial charge in [-0.15, -0.1) is 0 Å². The van der Waals surface area contributed by atoms with E-state index >= 15 is 0 Å². The van der Waals surface area contributed by atoms with Crippen molar-refractivity contribution in [2.45, 2.75) is 38.3 Å². The average Bonchev–Trinajstić information content (AvgIpc) is 2.95. The molecule has 2 unspecified atom stereocenters. The molecule has 1 heterocycles. The highest BCUT2D eigenvalue weighted by Gasteiger charge is 2.51. The summed E-state index contributed by atoms with van der Waals surface area (Å²) < 4.78 is 19.7. The monoisotopic (exact) mass is 304 g/mol. The minimum atomic E-state index is -0.238. The Hall–Kier alpha value is -1.13. The number of rotatable bonds is 6. The van der Waals surface area contributed by atoms with Gasteiger partial charge in [0.25, 0.3) is 0 Å². The van der Waals surface area contributed by atoms with Gasteiger partial charge in [0.2, 0.25) is 0 Å². The molecule has 0 bridgehead atoms. The molecule has 2 saturated carbocycles. The molecule has 2 aliphatic carbocycles. The standard InChI is InChI=1S/C18H25FN2O/c19-17-6-5-12(7-18(17)22-13-3-1-2-4-13)8-20-9-14-15-10-21-11-16(14)15/h5-7,13-16,20-21H,1-4,8-11H2. The van der Waals surface area contributed by atoms with E-state index in [1.165, 1.54) is 32.0 Å². The lowest BCUT2D eigenvalue weighted by Crippen LogP contribution is -2.23. The van der Waals surface area contributed by atoms with E-state index in [2.05, 4.69) is 10.6 Å². The lowest BCUT2D eigenvalue weighted by Gasteiger charge is -2.15. The Labute approximate surface area is 131 Å². The minimum absolute atomic E-state index is 0.205. The summed E-state index contributed by atoms with van der Waals surface area (Å²) in [6, 6.07) is 5.27. The van der Waals surface area contributed by atoms with Crippen LogP contribution in [-0.4, -0.2) is 25.7 Å². The first kappa shape index (κ1) is 14.5. The van der Waals surface area contributed by atoms with E-state index in [4.69, 9.17) is 4.74 Å². The van der Waals surface area contributed by atoms with Gasteiger partial charge in [-0.25, -0.2) is 4.39 Å². The predicted molar refractivity (Wildman–Crippen MR) is 84.3 cm³/mol. The summed E-state index contributed by atoms with van der Waals surface area (Å²) in [5, 5.41) is 6.95. The van der Waals surface area contributed by atoms with Gasteiger partial charge in [-0.05, 0) is 80.8 Å². The van der Waals surface area contributed by atoms with Crippen LogP contribution in [0.2, 0.25) is 0 Å². The largest absolute Gasteiger partial charge is 0.487 e. The summed E-state index contributed by atoms with van der Waals surface area (Å²) in [6.45, 7) is 4.25. The lowest BCUT2D eigenvalue weighted by molar-refractivity contribution is 0.200. The smallest absolute Gasteiger partial charge is 0.165 e. The van der Waals surface area contributed by atoms with Crippen LogP contribution in [0.25, 0.3) is 0 Å². The molecule has 22 heavy (non-hydrogen) atoms. The zero-order valence-corrected chi connectivity index (χ0v) is 13.0. The number of hydrogen-bond acceptors (Lipinski definition) is 3. The fourth-order valence-corrected chi connectivity index (χ4v) is 4.17. The van der Waals surface area contributed by atoms with Gasteiger partial charge >= 0.3 is 0 Å². The van der Waals surface area contributed by atoms with Crippen LogP contribution in [0.15, 0.2) is 18.2 Å². The van der Waals surface area contributed by atoms with Crippen molar-refractivity contribution < 1.29 is 9.13 Å². The summed E-state index contributed by atoms with van der Waals surface area (Å²) in [5.74, 6) is 2.82. The molecule has 1 aromatic rings. The molecule has 3 aliphatic rings. The molecule has 0 radical (unpaired) electrons. The first-order valence-corrected chi connectivity index (χ1v) is 8.68. The molecule has 2 N–H and O–H groups in total. The first-order chi connectivity index (χ1) is 10.8. The van der Waals surface area contributed by atoms with Gasteiger partial charge in [-0.1, -0.05) is 6.07 Å². The summed E-state index contributed by atoms with van der Waals surface area (Å²) >= 11 is 0. The molecule has 120 valence electrons. The van der Waals surface area contributed by atoms with Crippen LogP contribution >= 0.6 is 0 Å². The van der Waals surface area contributed by atoms with Crippen LogP contribution in [-0.2, 0) is 6.54 Å². The minimum Gasteiger partial charge on any atom is -0.487 e. The second-order valence-corrected chi connectivity index (χ2v) is 7.07. The Morgan fingerprint density at radius 3 is 2.73 bits per heavy atom. The fraction of sp³-hybridized carbons (Fsp3) is 0.667. The van der Waals surface area contributed by atoms with Gasteiger partial charge in [0.05, 0.1) is 6.10 Å². The maximum absolute atomic E-state index is 13.9. The first-order valence-electron chi connectivity index (χ1n) is 8.68. The third kappa shape index (κ3) is 2.99. The van der Waals surface area contributed by atoms with E-state index in [0.29, 0.717) is 5.75 Å². The van der Waals surface area contributed by atoms with Crippen LogP contribution < -0.4 is 15.4 Å². The van der Waals surface area contributed by atoms with Crippen molar-refractivity contribution in [3.8, 4) is 5.75 Å². The second kappa shape index (κ2) is 6.17. The third-order valence-electron chi connectivity index (χ3n) is 5.57. The molecule has 4 heteroatoms. The number of piperidine rings is 1. The van der Waals surface area contributed by atoms with Crippen LogP contribution in [0.4, 0.5) is 4.39 Å². The summed E-state index contributed by atoms with van der Waals surface area (Å²) in [6.07, 6.45) is 4.72. The van der Waals surface area contributed by atoms with Crippen LogP contribution in [0, 0.1) is 23.6 Å². The highest BCUT2D eigenvalue weighted by molar-refractivity contribution is 5.30. The third-order valence-corrected chi connectivity index (χ3v) is 5.57. The molecule has 3 nitrogen and oxygen atoms in total. The molecule has 0 aromatic heterocycles. The van der Waals surface area contributed by atoms with Crippen molar-refractivity contribution in [2.75, 3.05) is 19.6 Å². The van der Waals surface area contributed by atoms with Gasteiger partial charge in [0.15, 0.2) is 11.6 Å². The average molecular weight is 304 g/mol. The van der Waals surface area contributed by atoms with Crippen molar-refractivity contribution in [3.05, 3.63) is 29.6 Å². The number of halogens is 1. The predicted octanol–water partition coefficient (Wildman–Crippen LogP) is 2.70. The molecule has 3 fully saturated rings. The SMILES string of the molecule is Fc1ccc(CNCC2C3CNCC23)cc1OC1CCCC1. The van der Waals surface area contributed by atoms with E-state index in [1.807, 2.05) is 12.1 Å². The van der Waals surface area contributed by atoms with Crippen molar-refractivity contribution in [1.82, 2.24) is 10.6 Å². The summed E-state index contributed by atoms with van der Waals surface area (Å²) in [4.78, 5) is 0. The Kier molecular flexibility index (Phi) is 4.05. The molecule has 4 rings (SSSR count). The lowest BCUT2D eigenvalue weighted by atomic mass is 10.2. The summed E-state index contributed by atoms with van der Waals surface area (Å²) in [7, 11) is 0. The van der Waals surface area contributed by atoms with E-state index in [9.17, 15) is 4.39 Å². The van der Waals surface area contributed by atoms with Gasteiger partial charge < -0.3 is 15.4 Å². The maximum Gasteiger partial charge on any atom is 0.165 e. The molecule has 0 amide bonds. The van der Waals surface area contributed by atoms with Gasteiger partial charge in [-0.2, -0.15) is 0 Å². The highest BCUT2D eigenvalue weighted by atomic mass is 19.1. The van der Waals surface area contributed by atoms with E-state index in [1.54, 1.807) is 0 Å². The number of fused-ring (bicyclic) bond motifs is 1. The Morgan fingerprint density at radius 1 is 1.18 bits per heavy atom. The Morgan fingerprint density at radius 2 is 1.95 bits per heavy atom. The highest BCUT2D eigenvalue weighted by Crippen LogP contribution is 2.48. The number of ether oxygens (including phenoxy) is 1. The molecular weight excluding hydrogens is 279 g/mol. The fourth-order valence-electron chi connectivity index (χ4n) is 4.17. The topological polar surface area (TPSA) is 33.3 Å². The van der Waals surface area contributed by atoms with Crippen molar-refractivity contribution >= 4 is 0 Å². The van der Waals surface area contributed by atoms with Crippen molar-refractivity contribution in [1.29, 1.82) is 0 Å². The Bertz CT molecular complexity index is 520. The number of nitrogens with one attached hydrogen (secondary N) is 2. The molecule has 2 atom stereocenters. The van der Waals surface area contributed by atoms with Gasteiger partial charge in [-0.3, -0.25) is 0 Å². The molecule has 0 spiro atoms. The second-order valence-electron chi connectivity index (χ2n) is 7.07. The number of benzene rings is 1. The van der Waals surface area contributed by atoms with Crippen molar-refractivity contribution in [3.63, 3.8) is 0 Å². The number of hydrogen-bond donors (Lipinski definition) is 2. The zero-order chi connectivity index (χ0) is 14.9. The Balaban J connectivity index is 1.29. The molecule has 1 aliphatic heterocycles. The maximum atomic E-state index is 13.9. The normalized spacial score (nSPS) is 30.5. The van der Waals surface area contributed by atoms with Crippen LogP contribution in [0.3, 0.4) is 0 Å². The molecule has 1 aromatic carbocycles. The van der Waals surface area contributed by atoms with Crippen molar-refractivity contribution in [2.24, 2.45) is 17.8 Å². The zero-order valence-electron chi connectivity index (χ0n) is 13.0. The van der Waals surface area contributed by atoms with Gasteiger partial charge in [0, 0.05) is 6.54 Å². The van der Waals surface area contributed by atoms with Gasteiger partial charge in [0.1, 0.15) is 0 Å². The quantitative estimate of drug-likeness (QED) is 0.848. The molecular formula is C18H25FN2O. The van der Waals surface area contributed by atoms with E-state index in [-0.39, 0.29) is 11.9 Å².